The largest absolute Gasteiger partial charge is 0.336 e. The molecule has 2 saturated carbocycles. The fourth-order valence-electron chi connectivity index (χ4n) is 3.98. The molecule has 0 bridgehead atoms. The van der Waals surface area contributed by atoms with E-state index in [-0.39, 0.29) is 12.1 Å². The SMILES string of the molecule is O=C(NC(C1CC1)C1CC1)N1CCC(N2CCNC2=O)CC1. The molecule has 2 heterocycles. The predicted molar refractivity (Wildman–Crippen MR) is 82.5 cm³/mol. The van der Waals surface area contributed by atoms with Crippen LogP contribution in [0.25, 0.3) is 0 Å². The number of carbonyl (C=O) groups is 2. The number of amides is 4. The summed E-state index contributed by atoms with van der Waals surface area (Å²) in [6.07, 6.45) is 6.94. The highest BCUT2D eigenvalue weighted by atomic mass is 16.2. The first-order valence-electron chi connectivity index (χ1n) is 8.82. The van der Waals surface area contributed by atoms with Crippen molar-refractivity contribution in [1.82, 2.24) is 20.4 Å². The molecule has 0 aromatic carbocycles. The normalized spacial score (nSPS) is 26.5. The van der Waals surface area contributed by atoms with Crippen molar-refractivity contribution in [2.24, 2.45) is 11.8 Å². The minimum absolute atomic E-state index is 0.0606. The Bertz CT molecular complexity index is 441. The van der Waals surface area contributed by atoms with Crippen LogP contribution >= 0.6 is 0 Å². The highest BCUT2D eigenvalue weighted by Gasteiger charge is 2.43. The van der Waals surface area contributed by atoms with Gasteiger partial charge in [-0.05, 0) is 50.4 Å². The first kappa shape index (κ1) is 14.2. The number of piperidine rings is 1. The number of hydrogen-bond donors (Lipinski definition) is 2. The molecule has 0 radical (unpaired) electrons. The Morgan fingerprint density at radius 3 is 2.18 bits per heavy atom. The Balaban J connectivity index is 1.27. The van der Waals surface area contributed by atoms with Crippen molar-refractivity contribution in [3.05, 3.63) is 0 Å². The van der Waals surface area contributed by atoms with Crippen LogP contribution in [0.2, 0.25) is 0 Å². The van der Waals surface area contributed by atoms with E-state index in [0.717, 1.165) is 50.9 Å². The fraction of sp³-hybridized carbons (Fsp3) is 0.875. The van der Waals surface area contributed by atoms with Crippen LogP contribution < -0.4 is 10.6 Å². The number of likely N-dealkylation sites (tertiary alicyclic amines) is 1. The summed E-state index contributed by atoms with van der Waals surface area (Å²) in [5.41, 5.74) is 0. The Morgan fingerprint density at radius 2 is 1.68 bits per heavy atom. The zero-order valence-electron chi connectivity index (χ0n) is 13.1. The predicted octanol–water partition coefficient (Wildman–Crippen LogP) is 1.37. The van der Waals surface area contributed by atoms with Gasteiger partial charge in [-0.25, -0.2) is 9.59 Å². The van der Waals surface area contributed by atoms with E-state index in [4.69, 9.17) is 0 Å². The van der Waals surface area contributed by atoms with Crippen molar-refractivity contribution in [2.75, 3.05) is 26.2 Å². The molecule has 0 atom stereocenters. The van der Waals surface area contributed by atoms with Crippen molar-refractivity contribution in [2.45, 2.75) is 50.6 Å². The van der Waals surface area contributed by atoms with Gasteiger partial charge >= 0.3 is 12.1 Å². The van der Waals surface area contributed by atoms with Crippen LogP contribution in [0, 0.1) is 11.8 Å². The maximum atomic E-state index is 12.5. The highest BCUT2D eigenvalue weighted by molar-refractivity contribution is 5.77. The van der Waals surface area contributed by atoms with Gasteiger partial charge in [0.05, 0.1) is 0 Å². The smallest absolute Gasteiger partial charge is 0.317 e. The second-order valence-corrected chi connectivity index (χ2v) is 7.29. The Kier molecular flexibility index (Phi) is 3.62. The first-order chi connectivity index (χ1) is 10.7. The molecule has 2 aliphatic carbocycles. The maximum absolute atomic E-state index is 12.5. The molecule has 2 saturated heterocycles. The van der Waals surface area contributed by atoms with E-state index in [9.17, 15) is 9.59 Å². The number of nitrogens with zero attached hydrogens (tertiary/aromatic N) is 2. The molecule has 4 aliphatic rings. The van der Waals surface area contributed by atoms with Gasteiger partial charge in [-0.2, -0.15) is 0 Å². The summed E-state index contributed by atoms with van der Waals surface area (Å²) in [6.45, 7) is 3.09. The Morgan fingerprint density at radius 1 is 1.05 bits per heavy atom. The number of carbonyl (C=O) groups excluding carboxylic acids is 2. The average Bonchev–Trinajstić information content (AvgIpc) is 3.44. The monoisotopic (exact) mass is 306 g/mol. The Labute approximate surface area is 131 Å². The van der Waals surface area contributed by atoms with Gasteiger partial charge in [0.15, 0.2) is 0 Å². The molecule has 0 spiro atoms. The molecule has 4 fully saturated rings. The molecule has 122 valence electrons. The molecule has 0 unspecified atom stereocenters. The summed E-state index contributed by atoms with van der Waals surface area (Å²) in [5.74, 6) is 1.48. The number of urea groups is 2. The molecular formula is C16H26N4O2. The van der Waals surface area contributed by atoms with E-state index in [1.165, 1.54) is 25.7 Å². The van der Waals surface area contributed by atoms with Crippen molar-refractivity contribution in [3.63, 3.8) is 0 Å². The summed E-state index contributed by atoms with van der Waals surface area (Å²) < 4.78 is 0. The lowest BCUT2D eigenvalue weighted by atomic mass is 10.0. The van der Waals surface area contributed by atoms with Crippen molar-refractivity contribution < 1.29 is 9.59 Å². The summed E-state index contributed by atoms with van der Waals surface area (Å²) in [7, 11) is 0. The Hall–Kier alpha value is -1.46. The molecule has 2 aliphatic heterocycles. The van der Waals surface area contributed by atoms with Crippen LogP contribution in [0.3, 0.4) is 0 Å². The summed E-state index contributed by atoms with van der Waals surface area (Å²) in [5, 5.41) is 6.16. The van der Waals surface area contributed by atoms with Crippen LogP contribution in [-0.4, -0.2) is 60.1 Å². The topological polar surface area (TPSA) is 64.7 Å². The van der Waals surface area contributed by atoms with E-state index < -0.39 is 0 Å². The van der Waals surface area contributed by atoms with Crippen LogP contribution in [0.5, 0.6) is 0 Å². The third kappa shape index (κ3) is 2.88. The molecule has 0 aromatic heterocycles. The van der Waals surface area contributed by atoms with Gasteiger partial charge in [0.1, 0.15) is 0 Å². The van der Waals surface area contributed by atoms with E-state index in [1.807, 2.05) is 9.80 Å². The minimum atomic E-state index is 0.0606. The van der Waals surface area contributed by atoms with Crippen molar-refractivity contribution in [3.8, 4) is 0 Å². The summed E-state index contributed by atoms with van der Waals surface area (Å²) >= 11 is 0. The zero-order chi connectivity index (χ0) is 15.1. The van der Waals surface area contributed by atoms with Gasteiger partial charge in [-0.1, -0.05) is 0 Å². The second-order valence-electron chi connectivity index (χ2n) is 7.29. The minimum Gasteiger partial charge on any atom is -0.336 e. The van der Waals surface area contributed by atoms with Gasteiger partial charge in [0.2, 0.25) is 0 Å². The number of nitrogens with one attached hydrogen (secondary N) is 2. The quantitative estimate of drug-likeness (QED) is 0.824. The maximum Gasteiger partial charge on any atom is 0.317 e. The van der Waals surface area contributed by atoms with Gasteiger partial charge in [0, 0.05) is 38.3 Å². The van der Waals surface area contributed by atoms with Gasteiger partial charge in [0.25, 0.3) is 0 Å². The third-order valence-electron chi connectivity index (χ3n) is 5.63. The van der Waals surface area contributed by atoms with Crippen LogP contribution in [0.4, 0.5) is 9.59 Å². The molecular weight excluding hydrogens is 280 g/mol. The highest BCUT2D eigenvalue weighted by Crippen LogP contribution is 2.44. The van der Waals surface area contributed by atoms with Gasteiger partial charge in [-0.3, -0.25) is 0 Å². The van der Waals surface area contributed by atoms with Crippen LogP contribution in [0.1, 0.15) is 38.5 Å². The standard InChI is InChI=1S/C16H26N4O2/c21-15-17-7-10-20(15)13-5-8-19(9-6-13)16(22)18-14(11-1-2-11)12-3-4-12/h11-14H,1-10H2,(H,17,21)(H,18,22). The summed E-state index contributed by atoms with van der Waals surface area (Å²) in [4.78, 5) is 28.1. The summed E-state index contributed by atoms with van der Waals surface area (Å²) in [6, 6.07) is 0.905. The van der Waals surface area contributed by atoms with E-state index in [2.05, 4.69) is 10.6 Å². The lowest BCUT2D eigenvalue weighted by Gasteiger charge is -2.36. The van der Waals surface area contributed by atoms with E-state index in [0.29, 0.717) is 12.1 Å². The van der Waals surface area contributed by atoms with Crippen LogP contribution in [0.15, 0.2) is 0 Å². The molecule has 22 heavy (non-hydrogen) atoms. The third-order valence-corrected chi connectivity index (χ3v) is 5.63. The molecule has 4 amide bonds. The van der Waals surface area contributed by atoms with Crippen LogP contribution in [-0.2, 0) is 0 Å². The average molecular weight is 306 g/mol. The number of rotatable bonds is 4. The van der Waals surface area contributed by atoms with Gasteiger partial charge < -0.3 is 20.4 Å². The molecule has 0 aromatic rings. The molecule has 6 heteroatoms. The van der Waals surface area contributed by atoms with Crippen molar-refractivity contribution >= 4 is 12.1 Å². The molecule has 6 nitrogen and oxygen atoms in total. The van der Waals surface area contributed by atoms with Gasteiger partial charge in [-0.15, -0.1) is 0 Å². The lowest BCUT2D eigenvalue weighted by molar-refractivity contribution is 0.138. The lowest BCUT2D eigenvalue weighted by Crippen LogP contribution is -2.52. The zero-order valence-corrected chi connectivity index (χ0v) is 13.1. The van der Waals surface area contributed by atoms with E-state index in [1.54, 1.807) is 0 Å². The number of hydrogen-bond acceptors (Lipinski definition) is 2. The van der Waals surface area contributed by atoms with Crippen molar-refractivity contribution in [1.29, 1.82) is 0 Å². The van der Waals surface area contributed by atoms with E-state index >= 15 is 0 Å². The second kappa shape index (κ2) is 5.63. The molecule has 2 N–H and O–H groups in total. The fourth-order valence-corrected chi connectivity index (χ4v) is 3.98. The molecule has 4 rings (SSSR count). The first-order valence-corrected chi connectivity index (χ1v) is 8.82.